The smallest absolute Gasteiger partial charge is 0.127 e. The summed E-state index contributed by atoms with van der Waals surface area (Å²) in [4.78, 5) is 6.27. The summed E-state index contributed by atoms with van der Waals surface area (Å²) in [7, 11) is 2.02. The van der Waals surface area contributed by atoms with Crippen LogP contribution in [0.15, 0.2) is 12.4 Å². The molecule has 96 valence electrons. The van der Waals surface area contributed by atoms with Crippen LogP contribution in [0, 0.1) is 0 Å². The third-order valence-corrected chi connectivity index (χ3v) is 4.69. The standard InChI is InChI=1S/C13H18N4S/c1-3-17-8-9(7-15-17)13-16-12-10(14-2)5-4-6-11(12)18-13/h7-8,10,14H,3-6H2,1-2H3. The van der Waals surface area contributed by atoms with Crippen LogP contribution in [0.4, 0.5) is 0 Å². The minimum absolute atomic E-state index is 0.431. The van der Waals surface area contributed by atoms with Gasteiger partial charge in [-0.05, 0) is 33.2 Å². The van der Waals surface area contributed by atoms with Crippen molar-refractivity contribution in [3.05, 3.63) is 23.0 Å². The third-order valence-electron chi connectivity index (χ3n) is 3.51. The van der Waals surface area contributed by atoms with Gasteiger partial charge in [0, 0.05) is 23.2 Å². The zero-order chi connectivity index (χ0) is 12.5. The highest BCUT2D eigenvalue weighted by Gasteiger charge is 2.24. The Bertz CT molecular complexity index is 543. The van der Waals surface area contributed by atoms with Crippen LogP contribution in [0.1, 0.15) is 36.4 Å². The number of thiazole rings is 1. The molecule has 0 saturated carbocycles. The van der Waals surface area contributed by atoms with Crippen LogP contribution >= 0.6 is 11.3 Å². The number of rotatable bonds is 3. The average molecular weight is 262 g/mol. The van der Waals surface area contributed by atoms with E-state index in [1.807, 2.05) is 29.3 Å². The zero-order valence-corrected chi connectivity index (χ0v) is 11.6. The molecule has 5 heteroatoms. The Morgan fingerprint density at radius 3 is 3.17 bits per heavy atom. The molecule has 0 fully saturated rings. The molecule has 18 heavy (non-hydrogen) atoms. The molecule has 2 heterocycles. The van der Waals surface area contributed by atoms with Gasteiger partial charge in [-0.2, -0.15) is 5.10 Å². The molecule has 0 amide bonds. The number of hydrogen-bond acceptors (Lipinski definition) is 4. The summed E-state index contributed by atoms with van der Waals surface area (Å²) in [6, 6.07) is 0.431. The van der Waals surface area contributed by atoms with Gasteiger partial charge in [-0.1, -0.05) is 0 Å². The quantitative estimate of drug-likeness (QED) is 0.924. The molecule has 1 aliphatic rings. The van der Waals surface area contributed by atoms with Gasteiger partial charge in [0.2, 0.25) is 0 Å². The maximum Gasteiger partial charge on any atom is 0.127 e. The lowest BCUT2D eigenvalue weighted by atomic mass is 9.98. The first-order valence-corrected chi connectivity index (χ1v) is 7.33. The molecule has 0 saturated heterocycles. The maximum atomic E-state index is 4.82. The summed E-state index contributed by atoms with van der Waals surface area (Å²) in [6.07, 6.45) is 7.63. The van der Waals surface area contributed by atoms with Crippen molar-refractivity contribution in [1.82, 2.24) is 20.1 Å². The van der Waals surface area contributed by atoms with E-state index in [1.165, 1.54) is 29.8 Å². The number of hydrogen-bond donors (Lipinski definition) is 1. The van der Waals surface area contributed by atoms with Crippen molar-refractivity contribution in [2.75, 3.05) is 7.05 Å². The Balaban J connectivity index is 1.97. The fourth-order valence-electron chi connectivity index (χ4n) is 2.47. The molecular formula is C13H18N4S. The summed E-state index contributed by atoms with van der Waals surface area (Å²) in [5, 5.41) is 8.80. The van der Waals surface area contributed by atoms with E-state index in [1.54, 1.807) is 0 Å². The molecule has 1 unspecified atom stereocenters. The van der Waals surface area contributed by atoms with Crippen molar-refractivity contribution in [1.29, 1.82) is 0 Å². The van der Waals surface area contributed by atoms with Crippen LogP contribution in [-0.4, -0.2) is 21.8 Å². The van der Waals surface area contributed by atoms with E-state index in [9.17, 15) is 0 Å². The van der Waals surface area contributed by atoms with Gasteiger partial charge >= 0.3 is 0 Å². The molecule has 0 spiro atoms. The molecule has 0 bridgehead atoms. The van der Waals surface area contributed by atoms with Crippen molar-refractivity contribution < 1.29 is 0 Å². The van der Waals surface area contributed by atoms with Crippen molar-refractivity contribution in [2.24, 2.45) is 0 Å². The van der Waals surface area contributed by atoms with Crippen molar-refractivity contribution in [3.8, 4) is 10.6 Å². The zero-order valence-electron chi connectivity index (χ0n) is 10.8. The third kappa shape index (κ3) is 1.97. The monoisotopic (exact) mass is 262 g/mol. The van der Waals surface area contributed by atoms with Gasteiger partial charge < -0.3 is 5.32 Å². The molecule has 2 aromatic rings. The highest BCUT2D eigenvalue weighted by atomic mass is 32.1. The van der Waals surface area contributed by atoms with E-state index in [0.29, 0.717) is 6.04 Å². The van der Waals surface area contributed by atoms with Gasteiger partial charge in [-0.15, -0.1) is 11.3 Å². The second kappa shape index (κ2) is 4.82. The molecule has 4 nitrogen and oxygen atoms in total. The molecule has 0 aliphatic heterocycles. The van der Waals surface area contributed by atoms with Gasteiger partial charge in [0.05, 0.1) is 17.9 Å². The molecular weight excluding hydrogens is 244 g/mol. The summed E-state index contributed by atoms with van der Waals surface area (Å²) in [5.74, 6) is 0. The van der Waals surface area contributed by atoms with Crippen molar-refractivity contribution in [2.45, 2.75) is 38.8 Å². The molecule has 0 radical (unpaired) electrons. The number of fused-ring (bicyclic) bond motifs is 1. The van der Waals surface area contributed by atoms with E-state index < -0.39 is 0 Å². The van der Waals surface area contributed by atoms with E-state index >= 15 is 0 Å². The van der Waals surface area contributed by atoms with E-state index in [-0.39, 0.29) is 0 Å². The van der Waals surface area contributed by atoms with Crippen LogP contribution in [0.25, 0.3) is 10.6 Å². The lowest BCUT2D eigenvalue weighted by Crippen LogP contribution is -2.21. The number of nitrogens with one attached hydrogen (secondary N) is 1. The molecule has 1 N–H and O–H groups in total. The topological polar surface area (TPSA) is 42.7 Å². The summed E-state index contributed by atoms with van der Waals surface area (Å²) in [6.45, 7) is 3.00. The molecule has 0 aromatic carbocycles. The van der Waals surface area contributed by atoms with Gasteiger partial charge in [0.25, 0.3) is 0 Å². The fraction of sp³-hybridized carbons (Fsp3) is 0.538. The van der Waals surface area contributed by atoms with E-state index in [4.69, 9.17) is 4.98 Å². The van der Waals surface area contributed by atoms with Crippen LogP contribution < -0.4 is 5.32 Å². The Morgan fingerprint density at radius 2 is 2.44 bits per heavy atom. The highest BCUT2D eigenvalue weighted by molar-refractivity contribution is 7.15. The second-order valence-corrected chi connectivity index (χ2v) is 5.73. The predicted molar refractivity (Wildman–Crippen MR) is 73.7 cm³/mol. The Kier molecular flexibility index (Phi) is 3.18. The van der Waals surface area contributed by atoms with Crippen LogP contribution in [0.5, 0.6) is 0 Å². The van der Waals surface area contributed by atoms with Crippen LogP contribution in [0.2, 0.25) is 0 Å². The fourth-order valence-corrected chi connectivity index (χ4v) is 3.61. The Labute approximate surface area is 111 Å². The second-order valence-electron chi connectivity index (χ2n) is 4.65. The minimum atomic E-state index is 0.431. The lowest BCUT2D eigenvalue weighted by molar-refractivity contribution is 0.490. The Morgan fingerprint density at radius 1 is 1.56 bits per heavy atom. The highest BCUT2D eigenvalue weighted by Crippen LogP contribution is 2.36. The Hall–Kier alpha value is -1.20. The minimum Gasteiger partial charge on any atom is -0.312 e. The average Bonchev–Trinajstić information content (AvgIpc) is 3.03. The number of nitrogens with zero attached hydrogens (tertiary/aromatic N) is 3. The predicted octanol–water partition coefficient (Wildman–Crippen LogP) is 2.62. The first-order valence-electron chi connectivity index (χ1n) is 6.51. The maximum absolute atomic E-state index is 4.82. The van der Waals surface area contributed by atoms with Gasteiger partial charge in [0.15, 0.2) is 0 Å². The van der Waals surface area contributed by atoms with Crippen LogP contribution in [0.3, 0.4) is 0 Å². The van der Waals surface area contributed by atoms with Gasteiger partial charge in [-0.25, -0.2) is 4.98 Å². The largest absolute Gasteiger partial charge is 0.312 e. The van der Waals surface area contributed by atoms with Crippen molar-refractivity contribution in [3.63, 3.8) is 0 Å². The summed E-state index contributed by atoms with van der Waals surface area (Å²) < 4.78 is 1.95. The number of aryl methyl sites for hydroxylation is 2. The van der Waals surface area contributed by atoms with Crippen LogP contribution in [-0.2, 0) is 13.0 Å². The summed E-state index contributed by atoms with van der Waals surface area (Å²) in [5.41, 5.74) is 2.40. The SMILES string of the molecule is CCn1cc(-c2nc3c(s2)CCCC3NC)cn1. The van der Waals surface area contributed by atoms with Crippen molar-refractivity contribution >= 4 is 11.3 Å². The lowest BCUT2D eigenvalue weighted by Gasteiger charge is -2.19. The molecule has 3 rings (SSSR count). The molecule has 2 aromatic heterocycles. The normalized spacial score (nSPS) is 18.9. The molecule has 1 aliphatic carbocycles. The number of aromatic nitrogens is 3. The van der Waals surface area contributed by atoms with E-state index in [0.717, 1.165) is 17.1 Å². The summed E-state index contributed by atoms with van der Waals surface area (Å²) >= 11 is 1.83. The molecule has 1 atom stereocenters. The first-order chi connectivity index (χ1) is 8.81. The van der Waals surface area contributed by atoms with Gasteiger partial charge in [0.1, 0.15) is 5.01 Å². The van der Waals surface area contributed by atoms with Gasteiger partial charge in [-0.3, -0.25) is 4.68 Å². The first kappa shape index (κ1) is 11.9. The van der Waals surface area contributed by atoms with E-state index in [2.05, 4.69) is 23.5 Å².